The summed E-state index contributed by atoms with van der Waals surface area (Å²) in [6.07, 6.45) is 0. The lowest BCUT2D eigenvalue weighted by atomic mass is 9.33. The van der Waals surface area contributed by atoms with Crippen LogP contribution in [0.15, 0.2) is 309 Å². The fourth-order valence-electron chi connectivity index (χ4n) is 20.2. The molecule has 0 unspecified atom stereocenters. The van der Waals surface area contributed by atoms with Crippen molar-refractivity contribution in [3.05, 3.63) is 343 Å². The zero-order valence-electron chi connectivity index (χ0n) is 73.3. The van der Waals surface area contributed by atoms with Gasteiger partial charge in [0.15, 0.2) is 0 Å². The fourth-order valence-corrected chi connectivity index (χ4v) is 20.2. The van der Waals surface area contributed by atoms with Gasteiger partial charge in [0.05, 0.1) is 33.4 Å². The van der Waals surface area contributed by atoms with E-state index in [1.807, 2.05) is 0 Å². The third-order valence-electron chi connectivity index (χ3n) is 26.8. The van der Waals surface area contributed by atoms with E-state index in [0.29, 0.717) is 0 Å². The summed E-state index contributed by atoms with van der Waals surface area (Å²) in [4.78, 5) is 5.59. The Morgan fingerprint density at radius 1 is 0.215 bits per heavy atom. The second-order valence-electron chi connectivity index (χ2n) is 41.0. The molecule has 19 aromatic rings. The van der Waals surface area contributed by atoms with E-state index in [-0.39, 0.29) is 39.2 Å². The Hall–Kier alpha value is -12.7. The third kappa shape index (κ3) is 12.1. The van der Waals surface area contributed by atoms with Crippen molar-refractivity contribution >= 4 is 133 Å². The molecule has 2 aliphatic rings. The average molecular weight is 1570 g/mol. The molecule has 5 heteroatoms. The van der Waals surface area contributed by atoms with Gasteiger partial charge in [-0.15, -0.1) is 0 Å². The van der Waals surface area contributed by atoms with Crippen LogP contribution in [0.3, 0.4) is 0 Å². The lowest BCUT2D eigenvalue weighted by Crippen LogP contribution is -2.61. The lowest BCUT2D eigenvalue weighted by Gasteiger charge is -2.46. The maximum Gasteiger partial charge on any atom is 0.252 e. The van der Waals surface area contributed by atoms with Crippen LogP contribution in [0.4, 0.5) is 34.1 Å². The zero-order valence-corrected chi connectivity index (χ0v) is 73.3. The quantitative estimate of drug-likeness (QED) is 0.0813. The first-order chi connectivity index (χ1) is 57.8. The smallest absolute Gasteiger partial charge is 0.252 e. The van der Waals surface area contributed by atoms with Gasteiger partial charge in [0.1, 0.15) is 0 Å². The topological polar surface area (TPSA) is 16.3 Å². The van der Waals surface area contributed by atoms with E-state index in [1.165, 1.54) is 159 Å². The van der Waals surface area contributed by atoms with Crippen LogP contribution in [0.1, 0.15) is 158 Å². The predicted octanol–water partition coefficient (Wildman–Crippen LogP) is 30.4. The van der Waals surface area contributed by atoms with Crippen LogP contribution in [0.5, 0.6) is 0 Å². The highest BCUT2D eigenvalue weighted by Crippen LogP contribution is 2.58. The van der Waals surface area contributed by atoms with Gasteiger partial charge in [-0.1, -0.05) is 349 Å². The first kappa shape index (κ1) is 75.8. The van der Waals surface area contributed by atoms with E-state index in [4.69, 9.17) is 0 Å². The highest BCUT2D eigenvalue weighted by atomic mass is 15.2. The normalized spacial score (nSPS) is 13.5. The Bertz CT molecular complexity index is 7210. The van der Waals surface area contributed by atoms with Gasteiger partial charge >= 0.3 is 0 Å². The number of benzene rings is 17. The predicted molar refractivity (Wildman–Crippen MR) is 523 cm³/mol. The van der Waals surface area contributed by atoms with Crippen LogP contribution < -0.4 is 26.2 Å². The van der Waals surface area contributed by atoms with Crippen LogP contribution >= 0.6 is 0 Å². The number of rotatable bonds is 9. The summed E-state index contributed by atoms with van der Waals surface area (Å²) in [5.41, 5.74) is 35.5. The molecule has 2 aromatic heterocycles. The van der Waals surface area contributed by atoms with Crippen molar-refractivity contribution in [3.8, 4) is 67.0 Å². The van der Waals surface area contributed by atoms with Gasteiger partial charge < -0.3 is 18.9 Å². The first-order valence-corrected chi connectivity index (χ1v) is 43.6. The van der Waals surface area contributed by atoms with E-state index < -0.39 is 0 Å². The second-order valence-corrected chi connectivity index (χ2v) is 41.0. The molecule has 0 bridgehead atoms. The molecule has 17 aromatic carbocycles. The number of para-hydroxylation sites is 2. The molecule has 0 amide bonds. The Kier molecular flexibility index (Phi) is 16.8. The Morgan fingerprint density at radius 2 is 0.537 bits per heavy atom. The van der Waals surface area contributed by atoms with Gasteiger partial charge in [-0.3, -0.25) is 0 Å². The Labute approximate surface area is 714 Å². The molecule has 2 aliphatic heterocycles. The molecule has 121 heavy (non-hydrogen) atoms. The van der Waals surface area contributed by atoms with Gasteiger partial charge in [0.2, 0.25) is 0 Å². The van der Waals surface area contributed by atoms with Crippen molar-refractivity contribution in [1.82, 2.24) is 9.13 Å². The molecule has 21 rings (SSSR count). The van der Waals surface area contributed by atoms with Crippen LogP contribution in [0.25, 0.3) is 143 Å². The van der Waals surface area contributed by atoms with Gasteiger partial charge in [-0.25, -0.2) is 0 Å². The third-order valence-corrected chi connectivity index (χ3v) is 26.8. The summed E-state index contributed by atoms with van der Waals surface area (Å²) in [5.74, 6) is 0. The van der Waals surface area contributed by atoms with Crippen LogP contribution in [0, 0.1) is 0 Å². The monoisotopic (exact) mass is 1560 g/mol. The van der Waals surface area contributed by atoms with Gasteiger partial charge in [0, 0.05) is 77.9 Å². The molecule has 0 spiro atoms. The zero-order chi connectivity index (χ0) is 83.6. The van der Waals surface area contributed by atoms with Crippen molar-refractivity contribution in [3.63, 3.8) is 0 Å². The molecule has 0 fully saturated rings. The number of aromatic nitrogens is 2. The summed E-state index contributed by atoms with van der Waals surface area (Å²) in [5, 5.41) is 12.8. The Balaban J connectivity index is 0.977. The van der Waals surface area contributed by atoms with E-state index in [9.17, 15) is 0 Å². The summed E-state index contributed by atoms with van der Waals surface area (Å²) in [6, 6.07) is 121. The largest absolute Gasteiger partial charge is 0.310 e. The standard InChI is InChI=1S/C116H105BN4/c1-111(2,3)78-56-76(57-79(62-78)112(4,5)6)92-66-82(115(13,14)15)64-90(71-36-24-20-25-37-71)109(92)120-100-68-84(118-96-46-30-28-42-86(96)87-43-29-31-47-97(87)118)50-52-94(100)117-95-53-51-85(119-98-54-48-73-40-32-44-88-89-45-33-41-74-49-55-99(119)107(105(74)89)106(98)104(73)88)69-101(95)121(103-61-75(60-102(120)108(103)117)70-34-22-19-23-35-70)110-91(72-38-26-21-27-39-72)65-83(116(16,17)18)67-93(110)77-58-80(113(7,8)9)63-81(59-77)114(10,11)12/h19-69H,1-18H3. The second kappa shape index (κ2) is 26.9. The molecular weight excluding hydrogens is 1460 g/mol. The minimum atomic E-state index is -0.310. The van der Waals surface area contributed by atoms with Crippen LogP contribution in [-0.4, -0.2) is 15.8 Å². The van der Waals surface area contributed by atoms with E-state index >= 15 is 0 Å². The minimum absolute atomic E-state index is 0.181. The molecular formula is C116H105BN4. The molecule has 4 heterocycles. The fraction of sp³-hybridized carbons (Fsp3) is 0.207. The van der Waals surface area contributed by atoms with E-state index in [1.54, 1.807) is 0 Å². The molecule has 0 atom stereocenters. The Morgan fingerprint density at radius 3 is 0.909 bits per heavy atom. The highest BCUT2D eigenvalue weighted by molar-refractivity contribution is 7.00. The van der Waals surface area contributed by atoms with Crippen molar-refractivity contribution in [2.45, 2.75) is 157 Å². The number of hydrogen-bond acceptors (Lipinski definition) is 2. The molecule has 0 saturated carbocycles. The molecule has 0 radical (unpaired) electrons. The molecule has 0 saturated heterocycles. The minimum Gasteiger partial charge on any atom is -0.310 e. The number of anilines is 6. The maximum atomic E-state index is 2.80. The number of fused-ring (bicyclic) bond motifs is 8. The van der Waals surface area contributed by atoms with Crippen LogP contribution in [-0.2, 0) is 32.5 Å². The summed E-state index contributed by atoms with van der Waals surface area (Å²) < 4.78 is 5.15. The molecule has 592 valence electrons. The van der Waals surface area contributed by atoms with Gasteiger partial charge in [-0.2, -0.15) is 0 Å². The molecule has 0 aliphatic carbocycles. The first-order valence-electron chi connectivity index (χ1n) is 43.6. The number of nitrogens with zero attached hydrogens (tertiary/aromatic N) is 4. The molecule has 0 N–H and O–H groups in total. The molecule has 4 nitrogen and oxygen atoms in total. The van der Waals surface area contributed by atoms with Gasteiger partial charge in [0.25, 0.3) is 6.71 Å². The van der Waals surface area contributed by atoms with Crippen molar-refractivity contribution in [2.75, 3.05) is 9.80 Å². The average Bonchev–Trinajstić information content (AvgIpc) is 1.66. The van der Waals surface area contributed by atoms with E-state index in [2.05, 4.69) is 453 Å². The van der Waals surface area contributed by atoms with E-state index in [0.717, 1.165) is 67.8 Å². The van der Waals surface area contributed by atoms with Crippen molar-refractivity contribution < 1.29 is 0 Å². The van der Waals surface area contributed by atoms with Crippen molar-refractivity contribution in [1.29, 1.82) is 0 Å². The number of hydrogen-bond donors (Lipinski definition) is 0. The SMILES string of the molecule is CC(C)(C)c1cc(-c2cc(C(C)(C)C)cc(-c3ccccc3)c2N2c3cc(-n4c5ccccc5c5ccccc54)ccc3B3c4ccc(-n5c6ccc7cccc8c9cccc%10ccc5c(c%109)c6c78)cc4N(c4c(-c5ccccc5)cc(C(C)(C)C)cc4-c4cc(C(C)(C)C)cc(C(C)(C)C)c4)c4cc(-c5ccccc5)cc2c43)cc(C(C)(C)C)c1. The summed E-state index contributed by atoms with van der Waals surface area (Å²) >= 11 is 0. The van der Waals surface area contributed by atoms with Crippen molar-refractivity contribution in [2.24, 2.45) is 0 Å². The summed E-state index contributed by atoms with van der Waals surface area (Å²) in [7, 11) is 0. The van der Waals surface area contributed by atoms with Gasteiger partial charge in [-0.05, 0) is 233 Å². The highest BCUT2D eigenvalue weighted by Gasteiger charge is 2.47. The lowest BCUT2D eigenvalue weighted by molar-refractivity contribution is 0.568. The summed E-state index contributed by atoms with van der Waals surface area (Å²) in [6.45, 7) is 42.7. The maximum absolute atomic E-state index is 2.80. The van der Waals surface area contributed by atoms with Crippen LogP contribution in [0.2, 0.25) is 0 Å².